The van der Waals surface area contributed by atoms with Crippen LogP contribution in [-0.2, 0) is 0 Å². The van der Waals surface area contributed by atoms with Crippen LogP contribution in [0.3, 0.4) is 0 Å². The van der Waals surface area contributed by atoms with Gasteiger partial charge in [0, 0.05) is 44.3 Å². The van der Waals surface area contributed by atoms with Crippen molar-refractivity contribution in [3.63, 3.8) is 0 Å². The number of ether oxygens (including phenoxy) is 3. The largest absolute Gasteiger partial charge is 0.494 e. The number of carboxylic acid groups (broad SMARTS) is 1. The molecule has 0 spiro atoms. The van der Waals surface area contributed by atoms with E-state index >= 15 is 0 Å². The fourth-order valence-corrected chi connectivity index (χ4v) is 12.7. The molecule has 5 heterocycles. The van der Waals surface area contributed by atoms with Gasteiger partial charge in [-0.2, -0.15) is 0 Å². The monoisotopic (exact) mass is 1210 g/mol. The molecular weight excluding hydrogens is 1110 g/mol. The van der Waals surface area contributed by atoms with Gasteiger partial charge in [0.1, 0.15) is 17.2 Å². The van der Waals surface area contributed by atoms with E-state index in [1.54, 1.807) is 12.1 Å². The van der Waals surface area contributed by atoms with Crippen molar-refractivity contribution in [3.8, 4) is 61.8 Å². The highest BCUT2D eigenvalue weighted by Crippen LogP contribution is 2.40. The van der Waals surface area contributed by atoms with Gasteiger partial charge in [-0.1, -0.05) is 243 Å². The molecule has 0 aliphatic carbocycles. The molecule has 4 aromatic carbocycles. The summed E-state index contributed by atoms with van der Waals surface area (Å²) in [5, 5.41) is 9.98. The summed E-state index contributed by atoms with van der Waals surface area (Å²) in [6.45, 7) is 8.91. The number of H-pyrrole nitrogens is 2. The Morgan fingerprint density at radius 3 is 0.767 bits per heavy atom. The Balaban J connectivity index is 1.06. The third-order valence-electron chi connectivity index (χ3n) is 17.9. The fraction of sp³-hybridized carbons (Fsp3) is 0.444. The molecule has 476 valence electrons. The number of hydrogen-bond acceptors (Lipinski definition) is 6. The number of unbranched alkanes of at least 4 members (excludes halogenated alkanes) is 27. The summed E-state index contributed by atoms with van der Waals surface area (Å²) in [6, 6.07) is 41.0. The van der Waals surface area contributed by atoms with Gasteiger partial charge in [-0.05, 0) is 139 Å². The van der Waals surface area contributed by atoms with Crippen LogP contribution in [-0.4, -0.2) is 50.8 Å². The Bertz CT molecular complexity index is 3450. The zero-order valence-electron chi connectivity index (χ0n) is 54.7. The van der Waals surface area contributed by atoms with E-state index in [9.17, 15) is 9.90 Å². The minimum atomic E-state index is -0.975. The number of carboxylic acids is 1. The molecule has 0 saturated heterocycles. The number of aromatic carboxylic acids is 1. The van der Waals surface area contributed by atoms with Gasteiger partial charge in [0.2, 0.25) is 0 Å². The number of fused-ring (bicyclic) bond motifs is 8. The summed E-state index contributed by atoms with van der Waals surface area (Å²) in [4.78, 5) is 31.0. The van der Waals surface area contributed by atoms with E-state index in [0.717, 1.165) is 126 Å². The van der Waals surface area contributed by atoms with E-state index in [-0.39, 0.29) is 5.56 Å². The maximum atomic E-state index is 12.2. The second kappa shape index (κ2) is 36.9. The lowest BCUT2D eigenvalue weighted by atomic mass is 10.0. The average Bonchev–Trinajstić information content (AvgIpc) is 1.73. The predicted octanol–water partition coefficient (Wildman–Crippen LogP) is 23.9. The van der Waals surface area contributed by atoms with Crippen LogP contribution in [0.25, 0.3) is 90.9 Å². The third-order valence-corrected chi connectivity index (χ3v) is 17.9. The highest BCUT2D eigenvalue weighted by molar-refractivity contribution is 6.00. The predicted molar refractivity (Wildman–Crippen MR) is 380 cm³/mol. The molecule has 8 bridgehead atoms. The molecule has 90 heavy (non-hydrogen) atoms. The minimum absolute atomic E-state index is 0.217. The van der Waals surface area contributed by atoms with Gasteiger partial charge in [-0.25, -0.2) is 14.8 Å². The van der Waals surface area contributed by atoms with Crippen molar-refractivity contribution in [3.05, 3.63) is 150 Å². The number of rotatable bonds is 41. The van der Waals surface area contributed by atoms with Crippen molar-refractivity contribution in [2.45, 2.75) is 213 Å². The molecule has 7 aromatic rings. The van der Waals surface area contributed by atoms with Crippen molar-refractivity contribution in [2.24, 2.45) is 0 Å². The van der Waals surface area contributed by atoms with E-state index in [2.05, 4.69) is 152 Å². The van der Waals surface area contributed by atoms with Crippen LogP contribution in [0.5, 0.6) is 17.2 Å². The Morgan fingerprint density at radius 1 is 0.311 bits per heavy atom. The highest BCUT2D eigenvalue weighted by atomic mass is 16.5. The summed E-state index contributed by atoms with van der Waals surface area (Å²) in [5.74, 6) is 1.58. The van der Waals surface area contributed by atoms with Gasteiger partial charge < -0.3 is 29.3 Å². The lowest BCUT2D eigenvalue weighted by molar-refractivity contribution is 0.0696. The van der Waals surface area contributed by atoms with Crippen molar-refractivity contribution in [2.75, 3.05) is 19.8 Å². The van der Waals surface area contributed by atoms with Crippen LogP contribution in [0.15, 0.2) is 121 Å². The van der Waals surface area contributed by atoms with Crippen LogP contribution in [0, 0.1) is 0 Å². The second-order valence-electron chi connectivity index (χ2n) is 25.0. The van der Waals surface area contributed by atoms with E-state index in [4.69, 9.17) is 24.2 Å². The Hall–Kier alpha value is -7.65. The van der Waals surface area contributed by atoms with Crippen LogP contribution < -0.4 is 14.2 Å². The van der Waals surface area contributed by atoms with E-state index < -0.39 is 5.97 Å². The molecule has 9 nitrogen and oxygen atoms in total. The highest BCUT2D eigenvalue weighted by Gasteiger charge is 2.20. The van der Waals surface area contributed by atoms with Gasteiger partial charge in [-0.3, -0.25) is 0 Å². The van der Waals surface area contributed by atoms with Crippen molar-refractivity contribution in [1.82, 2.24) is 19.9 Å². The number of nitrogens with zero attached hydrogens (tertiary/aromatic N) is 2. The summed E-state index contributed by atoms with van der Waals surface area (Å²) in [5.41, 5.74) is 14.4. The van der Waals surface area contributed by atoms with Gasteiger partial charge in [0.25, 0.3) is 0 Å². The number of aromatic amines is 2. The normalized spacial score (nSPS) is 11.9. The van der Waals surface area contributed by atoms with Gasteiger partial charge in [0.15, 0.2) is 0 Å². The molecule has 3 aromatic heterocycles. The Morgan fingerprint density at radius 2 is 0.533 bits per heavy atom. The first kappa shape index (κ1) is 66.8. The first-order chi connectivity index (χ1) is 44.4. The molecule has 0 radical (unpaired) electrons. The van der Waals surface area contributed by atoms with Crippen molar-refractivity contribution >= 4 is 52.3 Å². The molecule has 9 heteroatoms. The van der Waals surface area contributed by atoms with Crippen LogP contribution in [0.2, 0.25) is 0 Å². The number of benzene rings is 4. The summed E-state index contributed by atoms with van der Waals surface area (Å²) in [6.07, 6.45) is 47.0. The average molecular weight is 1210 g/mol. The van der Waals surface area contributed by atoms with Gasteiger partial charge in [-0.15, -0.1) is 0 Å². The number of aromatic nitrogens is 4. The molecule has 0 amide bonds. The zero-order chi connectivity index (χ0) is 62.4. The van der Waals surface area contributed by atoms with E-state index in [1.807, 2.05) is 12.1 Å². The third kappa shape index (κ3) is 19.9. The quantitative estimate of drug-likeness (QED) is 0.0326. The van der Waals surface area contributed by atoms with Gasteiger partial charge in [0.05, 0.1) is 48.2 Å². The zero-order valence-corrected chi connectivity index (χ0v) is 54.7. The van der Waals surface area contributed by atoms with Crippen LogP contribution in [0.1, 0.15) is 247 Å². The number of nitrogens with one attached hydrogen (secondary N) is 2. The summed E-state index contributed by atoms with van der Waals surface area (Å²) < 4.78 is 19.1. The summed E-state index contributed by atoms with van der Waals surface area (Å²) in [7, 11) is 0. The number of carbonyl (C=O) groups is 1. The van der Waals surface area contributed by atoms with E-state index in [0.29, 0.717) is 19.8 Å². The standard InChI is InChI=1S/C81H102N4O5/c1-4-7-10-13-16-19-22-25-28-31-58-88-66-44-38-62(39-45-66)78-71-52-50-69(82-71)77(61-34-36-65(37-35-61)81(86)87)70-51-53-72(83-70)79(63-40-46-67(47-41-63)89-59-32-29-26-23-20-17-14-11-8-5-2)74-55-57-76(85-74)80(75-56-54-73(78)84-75)64-42-48-68(49-43-64)90-60-33-30-27-24-21-18-15-12-9-6-3/h34-57,82,85H,4-33,58-60H2,1-3H3,(H,86,87). The van der Waals surface area contributed by atoms with E-state index in [1.165, 1.54) is 173 Å². The molecule has 0 fully saturated rings. The Labute approximate surface area is 538 Å². The van der Waals surface area contributed by atoms with Crippen LogP contribution >= 0.6 is 0 Å². The topological polar surface area (TPSA) is 122 Å². The maximum absolute atomic E-state index is 12.2. The molecule has 3 N–H and O–H groups in total. The number of hydrogen-bond donors (Lipinski definition) is 3. The molecule has 0 unspecified atom stereocenters. The molecular formula is C81H102N4O5. The fourth-order valence-electron chi connectivity index (χ4n) is 12.7. The molecule has 0 saturated carbocycles. The first-order valence-electron chi connectivity index (χ1n) is 35.1. The second-order valence-corrected chi connectivity index (χ2v) is 25.0. The smallest absolute Gasteiger partial charge is 0.335 e. The van der Waals surface area contributed by atoms with Crippen molar-refractivity contribution < 1.29 is 24.1 Å². The molecule has 2 aliphatic heterocycles. The minimum Gasteiger partial charge on any atom is -0.494 e. The molecule has 0 atom stereocenters. The first-order valence-corrected chi connectivity index (χ1v) is 35.1. The van der Waals surface area contributed by atoms with Crippen molar-refractivity contribution in [1.29, 1.82) is 0 Å². The lowest BCUT2D eigenvalue weighted by Gasteiger charge is -2.10. The molecule has 2 aliphatic rings. The SMILES string of the molecule is CCCCCCCCCCCCOc1ccc(-c2c3nc(c(-c4ccc(OCCCCCCCCCCCC)cc4)c4ccc([nH]4)c(-c4ccc(C(=O)O)cc4)c4nc(c(-c5ccc(OCCCCCCCCCCCC)cc5)c5ccc2[nH]5)C=C4)C=C3)cc1. The molecule has 9 rings (SSSR count). The van der Waals surface area contributed by atoms with Gasteiger partial charge >= 0.3 is 5.97 Å². The maximum Gasteiger partial charge on any atom is 0.335 e. The summed E-state index contributed by atoms with van der Waals surface area (Å²) >= 11 is 0. The Kier molecular flexibility index (Phi) is 27.4. The van der Waals surface area contributed by atoms with Crippen LogP contribution in [0.4, 0.5) is 0 Å². The lowest BCUT2D eigenvalue weighted by Crippen LogP contribution is -1.97.